The number of benzene rings is 1. The first-order valence-corrected chi connectivity index (χ1v) is 5.96. The van der Waals surface area contributed by atoms with Crippen LogP contribution in [0.3, 0.4) is 0 Å². The number of nitrogens with one attached hydrogen (secondary N) is 1. The predicted octanol–water partition coefficient (Wildman–Crippen LogP) is 1.67. The molecule has 2 rings (SSSR count). The van der Waals surface area contributed by atoms with Crippen molar-refractivity contribution in [2.45, 2.75) is 4.90 Å². The lowest BCUT2D eigenvalue weighted by molar-refractivity contribution is 0.594. The Morgan fingerprint density at radius 2 is 2.00 bits per heavy atom. The molecule has 6 heteroatoms. The first-order chi connectivity index (χ1) is 7.13. The van der Waals surface area contributed by atoms with E-state index >= 15 is 0 Å². The summed E-state index contributed by atoms with van der Waals surface area (Å²) in [4.78, 5) is 4.04. The molecular formula is C9H7ClN2O2S. The van der Waals surface area contributed by atoms with E-state index in [4.69, 9.17) is 11.8 Å². The van der Waals surface area contributed by atoms with Crippen molar-refractivity contribution in [3.8, 4) is 0 Å². The molecule has 1 heterocycles. The third kappa shape index (κ3) is 1.94. The van der Waals surface area contributed by atoms with Crippen molar-refractivity contribution in [1.82, 2.24) is 9.23 Å². The standard InChI is InChI=1S/C9H7ClN2O2S/c10-12-15(13,14)9-2-1-7-3-4-11-6-8(7)5-9/h1-6,12H. The highest BCUT2D eigenvalue weighted by molar-refractivity contribution is 7.90. The van der Waals surface area contributed by atoms with Crippen LogP contribution >= 0.6 is 11.8 Å². The summed E-state index contributed by atoms with van der Waals surface area (Å²) in [5.74, 6) is 0. The number of nitrogens with zero attached hydrogens (tertiary/aromatic N) is 1. The maximum atomic E-state index is 11.4. The van der Waals surface area contributed by atoms with Gasteiger partial charge in [0.2, 0.25) is 0 Å². The van der Waals surface area contributed by atoms with Crippen molar-refractivity contribution < 1.29 is 8.42 Å². The summed E-state index contributed by atoms with van der Waals surface area (Å²) in [7, 11) is -3.60. The molecule has 0 aliphatic carbocycles. The van der Waals surface area contributed by atoms with Gasteiger partial charge in [0.25, 0.3) is 10.0 Å². The predicted molar refractivity (Wildman–Crippen MR) is 57.9 cm³/mol. The molecule has 0 saturated heterocycles. The minimum Gasteiger partial charge on any atom is -0.264 e. The number of halogens is 1. The number of fused-ring (bicyclic) bond motifs is 1. The van der Waals surface area contributed by atoms with E-state index < -0.39 is 10.0 Å². The van der Waals surface area contributed by atoms with Crippen LogP contribution in [0.15, 0.2) is 41.6 Å². The average Bonchev–Trinajstić information content (AvgIpc) is 2.28. The Morgan fingerprint density at radius 3 is 2.73 bits per heavy atom. The van der Waals surface area contributed by atoms with Crippen molar-refractivity contribution in [1.29, 1.82) is 0 Å². The molecule has 1 aromatic heterocycles. The van der Waals surface area contributed by atoms with E-state index in [0.29, 0.717) is 0 Å². The summed E-state index contributed by atoms with van der Waals surface area (Å²) in [6, 6.07) is 6.53. The van der Waals surface area contributed by atoms with Gasteiger partial charge in [0.15, 0.2) is 0 Å². The summed E-state index contributed by atoms with van der Waals surface area (Å²) < 4.78 is 24.5. The Kier molecular flexibility index (Phi) is 2.60. The van der Waals surface area contributed by atoms with Gasteiger partial charge in [-0.1, -0.05) is 6.07 Å². The molecule has 2 aromatic rings. The highest BCUT2D eigenvalue weighted by atomic mass is 35.5. The molecule has 0 bridgehead atoms. The van der Waals surface area contributed by atoms with Crippen LogP contribution in [0.1, 0.15) is 0 Å². The van der Waals surface area contributed by atoms with Gasteiger partial charge in [0, 0.05) is 17.8 Å². The molecule has 0 saturated carbocycles. The minimum absolute atomic E-state index is 0.123. The molecular weight excluding hydrogens is 236 g/mol. The van der Waals surface area contributed by atoms with Crippen molar-refractivity contribution in [2.24, 2.45) is 0 Å². The van der Waals surface area contributed by atoms with Crippen molar-refractivity contribution in [3.63, 3.8) is 0 Å². The summed E-state index contributed by atoms with van der Waals surface area (Å²) in [5, 5.41) is 1.68. The number of pyridine rings is 1. The monoisotopic (exact) mass is 242 g/mol. The summed E-state index contributed by atoms with van der Waals surface area (Å²) in [6.45, 7) is 0. The van der Waals surface area contributed by atoms with Crippen LogP contribution in [0.25, 0.3) is 10.8 Å². The Hall–Kier alpha value is -1.17. The molecule has 0 atom stereocenters. The lowest BCUT2D eigenvalue weighted by Gasteiger charge is -2.02. The van der Waals surface area contributed by atoms with Crippen LogP contribution in [0.4, 0.5) is 0 Å². The van der Waals surface area contributed by atoms with Gasteiger partial charge in [-0.3, -0.25) is 4.98 Å². The fourth-order valence-corrected chi connectivity index (χ4v) is 2.16. The molecule has 0 fully saturated rings. The lowest BCUT2D eigenvalue weighted by Crippen LogP contribution is -2.13. The third-order valence-corrected chi connectivity index (χ3v) is 3.71. The molecule has 1 N–H and O–H groups in total. The maximum absolute atomic E-state index is 11.4. The zero-order valence-corrected chi connectivity index (χ0v) is 9.09. The van der Waals surface area contributed by atoms with Gasteiger partial charge in [0.1, 0.15) is 0 Å². The van der Waals surface area contributed by atoms with E-state index in [1.54, 1.807) is 28.8 Å². The van der Waals surface area contributed by atoms with Gasteiger partial charge in [0.05, 0.1) is 4.90 Å². The van der Waals surface area contributed by atoms with E-state index in [0.717, 1.165) is 10.8 Å². The molecule has 78 valence electrons. The molecule has 4 nitrogen and oxygen atoms in total. The van der Waals surface area contributed by atoms with Crippen molar-refractivity contribution >= 4 is 32.6 Å². The molecule has 0 aliphatic rings. The fraction of sp³-hybridized carbons (Fsp3) is 0. The van der Waals surface area contributed by atoms with Crippen molar-refractivity contribution in [2.75, 3.05) is 0 Å². The molecule has 0 radical (unpaired) electrons. The Labute approximate surface area is 92.1 Å². The molecule has 0 unspecified atom stereocenters. The number of rotatable bonds is 2. The Morgan fingerprint density at radius 1 is 1.20 bits per heavy atom. The molecule has 0 spiro atoms. The molecule has 0 amide bonds. The Bertz CT molecular complexity index is 598. The highest BCUT2D eigenvalue weighted by Crippen LogP contribution is 2.17. The zero-order chi connectivity index (χ0) is 10.9. The SMILES string of the molecule is O=S(=O)(NCl)c1ccc2ccncc2c1. The van der Waals surface area contributed by atoms with Crippen LogP contribution in [0.5, 0.6) is 0 Å². The third-order valence-electron chi connectivity index (χ3n) is 2.02. The van der Waals surface area contributed by atoms with E-state index in [1.165, 1.54) is 12.1 Å². The smallest absolute Gasteiger partial charge is 0.253 e. The van der Waals surface area contributed by atoms with Crippen LogP contribution < -0.4 is 4.24 Å². The van der Waals surface area contributed by atoms with E-state index in [9.17, 15) is 8.42 Å². The minimum atomic E-state index is -3.60. The second kappa shape index (κ2) is 3.77. The van der Waals surface area contributed by atoms with Crippen LogP contribution in [0.2, 0.25) is 0 Å². The maximum Gasteiger partial charge on any atom is 0.253 e. The lowest BCUT2D eigenvalue weighted by atomic mass is 10.2. The summed E-state index contributed by atoms with van der Waals surface area (Å²) >= 11 is 5.13. The average molecular weight is 243 g/mol. The van der Waals surface area contributed by atoms with Crippen LogP contribution in [-0.2, 0) is 10.0 Å². The number of aromatic nitrogens is 1. The van der Waals surface area contributed by atoms with Gasteiger partial charge < -0.3 is 0 Å². The van der Waals surface area contributed by atoms with Gasteiger partial charge >= 0.3 is 0 Å². The number of hydrogen-bond donors (Lipinski definition) is 1. The summed E-state index contributed by atoms with van der Waals surface area (Å²) in [6.07, 6.45) is 3.25. The van der Waals surface area contributed by atoms with Crippen molar-refractivity contribution in [3.05, 3.63) is 36.7 Å². The molecule has 0 aliphatic heterocycles. The number of sulfonamides is 1. The van der Waals surface area contributed by atoms with E-state index in [-0.39, 0.29) is 4.90 Å². The first kappa shape index (κ1) is 10.4. The van der Waals surface area contributed by atoms with E-state index in [1.807, 2.05) is 0 Å². The van der Waals surface area contributed by atoms with Gasteiger partial charge in [-0.05, 0) is 35.4 Å². The summed E-state index contributed by atoms with van der Waals surface area (Å²) in [5.41, 5.74) is 0. The fourth-order valence-electron chi connectivity index (χ4n) is 1.27. The molecule has 15 heavy (non-hydrogen) atoms. The second-order valence-corrected chi connectivity index (χ2v) is 5.06. The first-order valence-electron chi connectivity index (χ1n) is 4.10. The van der Waals surface area contributed by atoms with Gasteiger partial charge in [-0.25, -0.2) is 8.42 Å². The zero-order valence-electron chi connectivity index (χ0n) is 7.51. The second-order valence-electron chi connectivity index (χ2n) is 2.97. The van der Waals surface area contributed by atoms with Gasteiger partial charge in [-0.15, -0.1) is 4.24 Å². The Balaban J connectivity index is 2.67. The van der Waals surface area contributed by atoms with E-state index in [2.05, 4.69) is 4.98 Å². The van der Waals surface area contributed by atoms with Crippen LogP contribution in [0, 0.1) is 0 Å². The van der Waals surface area contributed by atoms with Gasteiger partial charge in [-0.2, -0.15) is 0 Å². The topological polar surface area (TPSA) is 59.1 Å². The van der Waals surface area contributed by atoms with Crippen LogP contribution in [-0.4, -0.2) is 13.4 Å². The quantitative estimate of drug-likeness (QED) is 0.815. The molecule has 1 aromatic carbocycles. The highest BCUT2D eigenvalue weighted by Gasteiger charge is 2.12. The number of hydrogen-bond acceptors (Lipinski definition) is 3. The largest absolute Gasteiger partial charge is 0.264 e. The normalized spacial score (nSPS) is 11.8.